The summed E-state index contributed by atoms with van der Waals surface area (Å²) in [6, 6.07) is 0. The first-order valence-electron chi connectivity index (χ1n) is 10.0. The monoisotopic (exact) mass is 374 g/mol. The lowest BCUT2D eigenvalue weighted by atomic mass is 9.73. The van der Waals surface area contributed by atoms with Gasteiger partial charge in [0.1, 0.15) is 0 Å². The maximum Gasteiger partial charge on any atom is 0.354 e. The highest BCUT2D eigenvalue weighted by Gasteiger charge is 2.55. The van der Waals surface area contributed by atoms with Crippen molar-refractivity contribution in [2.75, 3.05) is 0 Å². The molecule has 0 saturated heterocycles. The largest absolute Gasteiger partial charge is 0.478 e. The fraction of sp³-hybridized carbons (Fsp3) is 0.696. The Morgan fingerprint density at radius 3 is 1.48 bits per heavy atom. The first kappa shape index (κ1) is 23.3. The van der Waals surface area contributed by atoms with E-state index in [1.54, 1.807) is 0 Å². The maximum absolute atomic E-state index is 12.1. The topological polar surface area (TPSA) is 62.0 Å². The molecule has 0 aromatic carbocycles. The number of aliphatic imine (C=N–C) groups is 2. The molecule has 0 atom stereocenters. The molecule has 2 aliphatic rings. The maximum atomic E-state index is 12.1. The molecule has 0 saturated carbocycles. The van der Waals surface area contributed by atoms with E-state index in [4.69, 9.17) is 9.98 Å². The molecule has 1 N–H and O–H groups in total. The highest BCUT2D eigenvalue weighted by molar-refractivity contribution is 6.47. The van der Waals surface area contributed by atoms with Gasteiger partial charge in [0, 0.05) is 16.2 Å². The van der Waals surface area contributed by atoms with E-state index in [0.717, 1.165) is 30.7 Å². The summed E-state index contributed by atoms with van der Waals surface area (Å²) >= 11 is 0. The minimum Gasteiger partial charge on any atom is -0.478 e. The van der Waals surface area contributed by atoms with Crippen LogP contribution in [0.5, 0.6) is 0 Å². The number of carboxylic acid groups (broad SMARTS) is 1. The molecule has 0 unspecified atom stereocenters. The molecule has 1 aliphatic carbocycles. The van der Waals surface area contributed by atoms with E-state index in [2.05, 4.69) is 65.8 Å². The molecule has 0 spiro atoms. The van der Waals surface area contributed by atoms with E-state index in [0.29, 0.717) is 0 Å². The van der Waals surface area contributed by atoms with E-state index >= 15 is 0 Å². The summed E-state index contributed by atoms with van der Waals surface area (Å²) in [4.78, 5) is 21.6. The van der Waals surface area contributed by atoms with Crippen LogP contribution in [0.25, 0.3) is 0 Å². The summed E-state index contributed by atoms with van der Waals surface area (Å²) in [5, 5.41) is 9.90. The third kappa shape index (κ3) is 4.77. The zero-order chi connectivity index (χ0) is 21.1. The van der Waals surface area contributed by atoms with E-state index in [-0.39, 0.29) is 10.8 Å². The van der Waals surface area contributed by atoms with Crippen molar-refractivity contribution in [3.8, 4) is 0 Å². The summed E-state index contributed by atoms with van der Waals surface area (Å²) in [5.41, 5.74) is -0.657. The predicted octanol–water partition coefficient (Wildman–Crippen LogP) is 6.08. The molecule has 0 aromatic rings. The third-order valence-electron chi connectivity index (χ3n) is 5.82. The second kappa shape index (κ2) is 8.12. The van der Waals surface area contributed by atoms with E-state index in [1.807, 2.05) is 20.8 Å². The van der Waals surface area contributed by atoms with Crippen LogP contribution in [0, 0.1) is 16.2 Å². The molecule has 0 radical (unpaired) electrons. The number of rotatable bonds is 5. The van der Waals surface area contributed by atoms with Crippen molar-refractivity contribution in [3.63, 3.8) is 0 Å². The smallest absolute Gasteiger partial charge is 0.354 e. The van der Waals surface area contributed by atoms with Crippen LogP contribution in [0.2, 0.25) is 0 Å². The Labute approximate surface area is 165 Å². The first-order chi connectivity index (χ1) is 12.2. The second-order valence-corrected chi connectivity index (χ2v) is 9.72. The summed E-state index contributed by atoms with van der Waals surface area (Å²) in [7, 11) is 0. The van der Waals surface area contributed by atoms with E-state index in [9.17, 15) is 9.90 Å². The minimum absolute atomic E-state index is 0.187. The Balaban J connectivity index is 0.000000625. The fourth-order valence-electron chi connectivity index (χ4n) is 2.88. The average Bonchev–Trinajstić information content (AvgIpc) is 3.25. The molecule has 152 valence electrons. The molecule has 0 bridgehead atoms. The lowest BCUT2D eigenvalue weighted by molar-refractivity contribution is -0.146. The molecular formula is C23H38N2O2. The van der Waals surface area contributed by atoms with Gasteiger partial charge in [0.05, 0.1) is 11.4 Å². The standard InChI is InChI=1S/C18H32N2O2.C5H6/c1-10-16(6,7)12-13(17(8,9)11-2)20-18(19-12,14(21)22)15(3,4)5;1-2-4-5-3-1/h10-11H2,1-9H3,(H,21,22);1-4H,5H2. The van der Waals surface area contributed by atoms with Crippen molar-refractivity contribution in [2.45, 2.75) is 87.2 Å². The van der Waals surface area contributed by atoms with Crippen molar-refractivity contribution in [2.24, 2.45) is 26.2 Å². The van der Waals surface area contributed by atoms with Crippen molar-refractivity contribution >= 4 is 17.4 Å². The Hall–Kier alpha value is -1.71. The molecule has 0 aromatic heterocycles. The van der Waals surface area contributed by atoms with Crippen molar-refractivity contribution in [3.05, 3.63) is 24.3 Å². The normalized spacial score (nSPS) is 18.7. The van der Waals surface area contributed by atoms with Gasteiger partial charge < -0.3 is 5.11 Å². The van der Waals surface area contributed by atoms with Gasteiger partial charge in [-0.2, -0.15) is 0 Å². The Morgan fingerprint density at radius 1 is 0.926 bits per heavy atom. The van der Waals surface area contributed by atoms with Gasteiger partial charge in [0.2, 0.25) is 0 Å². The number of carboxylic acids is 1. The van der Waals surface area contributed by atoms with Crippen LogP contribution in [-0.4, -0.2) is 28.2 Å². The van der Waals surface area contributed by atoms with E-state index < -0.39 is 17.0 Å². The van der Waals surface area contributed by atoms with Gasteiger partial charge in [-0.1, -0.05) is 86.6 Å². The van der Waals surface area contributed by atoms with Crippen LogP contribution in [-0.2, 0) is 4.79 Å². The Morgan fingerprint density at radius 2 is 1.30 bits per heavy atom. The van der Waals surface area contributed by atoms with Crippen LogP contribution < -0.4 is 0 Å². The number of hydrogen-bond acceptors (Lipinski definition) is 3. The number of carbonyl (C=O) groups is 1. The van der Waals surface area contributed by atoms with Crippen LogP contribution in [0.3, 0.4) is 0 Å². The first-order valence-corrected chi connectivity index (χ1v) is 10.0. The molecule has 27 heavy (non-hydrogen) atoms. The molecule has 0 amide bonds. The van der Waals surface area contributed by atoms with Gasteiger partial charge >= 0.3 is 5.97 Å². The predicted molar refractivity (Wildman–Crippen MR) is 116 cm³/mol. The molecule has 4 heteroatoms. The van der Waals surface area contributed by atoms with Gasteiger partial charge in [-0.3, -0.25) is 0 Å². The second-order valence-electron chi connectivity index (χ2n) is 9.72. The SMILES string of the molecule is C1=CCC=C1.CCC(C)(C)C1=NC(C(=O)O)(C(C)(C)C)N=C1C(C)(C)CC. The molecule has 1 heterocycles. The van der Waals surface area contributed by atoms with Crippen molar-refractivity contribution in [1.29, 1.82) is 0 Å². The Kier molecular flexibility index (Phi) is 7.01. The van der Waals surface area contributed by atoms with Gasteiger partial charge in [0.25, 0.3) is 5.66 Å². The molecule has 4 nitrogen and oxygen atoms in total. The molecule has 1 aliphatic heterocycles. The lowest BCUT2D eigenvalue weighted by Crippen LogP contribution is -2.46. The minimum atomic E-state index is -1.42. The number of allylic oxidation sites excluding steroid dienone is 4. The van der Waals surface area contributed by atoms with Gasteiger partial charge in [0.15, 0.2) is 0 Å². The van der Waals surface area contributed by atoms with Crippen LogP contribution in [0.15, 0.2) is 34.3 Å². The van der Waals surface area contributed by atoms with Gasteiger partial charge in [-0.15, -0.1) is 0 Å². The summed E-state index contributed by atoms with van der Waals surface area (Å²) in [6.45, 7) is 18.4. The summed E-state index contributed by atoms with van der Waals surface area (Å²) in [5.74, 6) is -0.966. The average molecular weight is 375 g/mol. The van der Waals surface area contributed by atoms with Crippen molar-refractivity contribution in [1.82, 2.24) is 0 Å². The van der Waals surface area contributed by atoms with Gasteiger partial charge in [-0.05, 0) is 19.3 Å². The Bertz CT molecular complexity index is 629. The van der Waals surface area contributed by atoms with Crippen LogP contribution in [0.4, 0.5) is 0 Å². The summed E-state index contributed by atoms with van der Waals surface area (Å²) in [6.07, 6.45) is 11.3. The molecule has 0 fully saturated rings. The highest BCUT2D eigenvalue weighted by Crippen LogP contribution is 2.45. The van der Waals surface area contributed by atoms with Crippen LogP contribution >= 0.6 is 0 Å². The lowest BCUT2D eigenvalue weighted by Gasteiger charge is -2.32. The molecular weight excluding hydrogens is 336 g/mol. The fourth-order valence-corrected chi connectivity index (χ4v) is 2.88. The van der Waals surface area contributed by atoms with Crippen LogP contribution in [0.1, 0.15) is 81.6 Å². The van der Waals surface area contributed by atoms with Gasteiger partial charge in [-0.25, -0.2) is 14.8 Å². The summed E-state index contributed by atoms with van der Waals surface area (Å²) < 4.78 is 0. The van der Waals surface area contributed by atoms with Crippen molar-refractivity contribution < 1.29 is 9.90 Å². The number of nitrogens with zero attached hydrogens (tertiary/aromatic N) is 2. The molecule has 2 rings (SSSR count). The zero-order valence-corrected chi connectivity index (χ0v) is 18.7. The quantitative estimate of drug-likeness (QED) is 0.633. The third-order valence-corrected chi connectivity index (χ3v) is 5.82. The highest BCUT2D eigenvalue weighted by atomic mass is 16.4. The zero-order valence-electron chi connectivity index (χ0n) is 18.7. The van der Waals surface area contributed by atoms with E-state index in [1.165, 1.54) is 0 Å². The number of hydrogen-bond donors (Lipinski definition) is 1. The number of aliphatic carboxylic acids is 1.